The van der Waals surface area contributed by atoms with Crippen LogP contribution in [0.2, 0.25) is 5.02 Å². The van der Waals surface area contributed by atoms with Crippen LogP contribution < -0.4 is 15.4 Å². The predicted octanol–water partition coefficient (Wildman–Crippen LogP) is 0.802. The molecule has 1 saturated heterocycles. The quantitative estimate of drug-likeness (QED) is 0.861. The number of nitrogens with one attached hydrogen (secondary N) is 2. The van der Waals surface area contributed by atoms with Crippen molar-refractivity contribution in [3.05, 3.63) is 23.2 Å². The molecule has 2 rings (SSSR count). The van der Waals surface area contributed by atoms with Crippen LogP contribution in [-0.2, 0) is 14.3 Å². The third-order valence-electron chi connectivity index (χ3n) is 2.59. The third kappa shape index (κ3) is 3.36. The van der Waals surface area contributed by atoms with Gasteiger partial charge in [-0.2, -0.15) is 0 Å². The largest absolute Gasteiger partial charge is 0.495 e. The average Bonchev–Trinajstić information content (AvgIpc) is 2.39. The van der Waals surface area contributed by atoms with Gasteiger partial charge in [0.15, 0.2) is 0 Å². The van der Waals surface area contributed by atoms with E-state index in [0.29, 0.717) is 16.5 Å². The summed E-state index contributed by atoms with van der Waals surface area (Å²) >= 11 is 5.95. The number of hydrogen-bond acceptors (Lipinski definition) is 4. The molecule has 0 spiro atoms. The van der Waals surface area contributed by atoms with Crippen molar-refractivity contribution in [1.82, 2.24) is 5.32 Å². The molecule has 0 bridgehead atoms. The summed E-state index contributed by atoms with van der Waals surface area (Å²) in [5, 5.41) is 5.58. The van der Waals surface area contributed by atoms with Crippen LogP contribution in [0.4, 0.5) is 5.69 Å². The van der Waals surface area contributed by atoms with Crippen LogP contribution >= 0.6 is 11.6 Å². The molecule has 6 nitrogen and oxygen atoms in total. The van der Waals surface area contributed by atoms with Gasteiger partial charge in [-0.1, -0.05) is 11.6 Å². The second kappa shape index (κ2) is 5.90. The lowest BCUT2D eigenvalue weighted by Crippen LogP contribution is -2.51. The molecule has 1 fully saturated rings. The molecule has 0 radical (unpaired) electrons. The highest BCUT2D eigenvalue weighted by Gasteiger charge is 2.25. The van der Waals surface area contributed by atoms with Gasteiger partial charge in [0.25, 0.3) is 0 Å². The normalized spacial score (nSPS) is 18.6. The Bertz CT molecular complexity index is 507. The number of hydrogen-bond donors (Lipinski definition) is 2. The van der Waals surface area contributed by atoms with E-state index in [-0.39, 0.29) is 25.0 Å². The maximum absolute atomic E-state index is 11.9. The lowest BCUT2D eigenvalue weighted by Gasteiger charge is -2.22. The number of ether oxygens (including phenoxy) is 2. The first-order valence-electron chi connectivity index (χ1n) is 5.61. The van der Waals surface area contributed by atoms with Gasteiger partial charge in [-0.05, 0) is 18.2 Å². The number of rotatable bonds is 3. The van der Waals surface area contributed by atoms with Crippen LogP contribution in [0, 0.1) is 0 Å². The van der Waals surface area contributed by atoms with E-state index >= 15 is 0 Å². The van der Waals surface area contributed by atoms with Crippen molar-refractivity contribution in [2.75, 3.05) is 25.6 Å². The highest BCUT2D eigenvalue weighted by Crippen LogP contribution is 2.27. The van der Waals surface area contributed by atoms with Crippen LogP contribution in [0.3, 0.4) is 0 Å². The van der Waals surface area contributed by atoms with Crippen molar-refractivity contribution in [1.29, 1.82) is 0 Å². The van der Waals surface area contributed by atoms with E-state index in [4.69, 9.17) is 21.1 Å². The average molecular weight is 285 g/mol. The minimum atomic E-state index is -0.692. The smallest absolute Gasteiger partial charge is 0.249 e. The highest BCUT2D eigenvalue weighted by molar-refractivity contribution is 6.32. The van der Waals surface area contributed by atoms with Crippen molar-refractivity contribution >= 4 is 29.1 Å². The number of benzene rings is 1. The van der Waals surface area contributed by atoms with Gasteiger partial charge in [-0.3, -0.25) is 9.59 Å². The van der Waals surface area contributed by atoms with E-state index in [1.807, 2.05) is 0 Å². The molecule has 0 aromatic heterocycles. The van der Waals surface area contributed by atoms with Crippen molar-refractivity contribution in [3.8, 4) is 5.75 Å². The maximum Gasteiger partial charge on any atom is 0.249 e. The Morgan fingerprint density at radius 1 is 1.58 bits per heavy atom. The molecule has 19 heavy (non-hydrogen) atoms. The zero-order valence-corrected chi connectivity index (χ0v) is 11.0. The molecule has 0 saturated carbocycles. The summed E-state index contributed by atoms with van der Waals surface area (Å²) in [6, 6.07) is 4.19. The Hall–Kier alpha value is -1.79. The number of methoxy groups -OCH3 is 1. The molecule has 1 heterocycles. The molecule has 1 aliphatic heterocycles. The van der Waals surface area contributed by atoms with Gasteiger partial charge in [0, 0.05) is 5.69 Å². The molecule has 1 atom stereocenters. The monoisotopic (exact) mass is 284 g/mol. The number of anilines is 1. The Kier molecular flexibility index (Phi) is 4.24. The summed E-state index contributed by atoms with van der Waals surface area (Å²) in [6.07, 6.45) is 0. The summed E-state index contributed by atoms with van der Waals surface area (Å²) < 4.78 is 10.0. The first-order chi connectivity index (χ1) is 9.10. The first-order valence-corrected chi connectivity index (χ1v) is 5.99. The lowest BCUT2D eigenvalue weighted by molar-refractivity contribution is -0.136. The van der Waals surface area contributed by atoms with Crippen LogP contribution in [-0.4, -0.2) is 38.2 Å². The van der Waals surface area contributed by atoms with Crippen molar-refractivity contribution in [3.63, 3.8) is 0 Å². The minimum absolute atomic E-state index is 0.0157. The maximum atomic E-state index is 11.9. The fourth-order valence-electron chi connectivity index (χ4n) is 1.66. The zero-order valence-electron chi connectivity index (χ0n) is 10.2. The van der Waals surface area contributed by atoms with Gasteiger partial charge in [0.2, 0.25) is 11.8 Å². The molecule has 2 amide bonds. The summed E-state index contributed by atoms with van der Waals surface area (Å²) in [5.41, 5.74) is 0.524. The molecule has 1 aliphatic rings. The van der Waals surface area contributed by atoms with Crippen LogP contribution in [0.25, 0.3) is 0 Å². The summed E-state index contributed by atoms with van der Waals surface area (Å²) in [7, 11) is 1.51. The van der Waals surface area contributed by atoms with Gasteiger partial charge < -0.3 is 20.1 Å². The van der Waals surface area contributed by atoms with Crippen LogP contribution in [0.15, 0.2) is 18.2 Å². The molecular formula is C12H13ClN2O4. The second-order valence-corrected chi connectivity index (χ2v) is 4.38. The van der Waals surface area contributed by atoms with Gasteiger partial charge in [-0.25, -0.2) is 0 Å². The number of morpholine rings is 1. The molecule has 2 N–H and O–H groups in total. The molecule has 0 aliphatic carbocycles. The van der Waals surface area contributed by atoms with E-state index in [0.717, 1.165) is 0 Å². The number of halogens is 1. The van der Waals surface area contributed by atoms with Gasteiger partial charge in [0.05, 0.1) is 18.7 Å². The zero-order chi connectivity index (χ0) is 13.8. The number of carbonyl (C=O) groups is 2. The van der Waals surface area contributed by atoms with Crippen molar-refractivity contribution in [2.24, 2.45) is 0 Å². The minimum Gasteiger partial charge on any atom is -0.495 e. The SMILES string of the molecule is COc1ccc(NC(=O)C2COCC(=O)N2)cc1Cl. The van der Waals surface area contributed by atoms with Gasteiger partial charge >= 0.3 is 0 Å². The van der Waals surface area contributed by atoms with Crippen molar-refractivity contribution in [2.45, 2.75) is 6.04 Å². The lowest BCUT2D eigenvalue weighted by atomic mass is 10.2. The number of carbonyl (C=O) groups excluding carboxylic acids is 2. The predicted molar refractivity (Wildman–Crippen MR) is 69.4 cm³/mol. The van der Waals surface area contributed by atoms with Crippen molar-refractivity contribution < 1.29 is 19.1 Å². The third-order valence-corrected chi connectivity index (χ3v) is 2.88. The second-order valence-electron chi connectivity index (χ2n) is 3.97. The van der Waals surface area contributed by atoms with Crippen LogP contribution in [0.5, 0.6) is 5.75 Å². The Morgan fingerprint density at radius 3 is 3.00 bits per heavy atom. The molecule has 1 aromatic carbocycles. The fraction of sp³-hybridized carbons (Fsp3) is 0.333. The Balaban J connectivity index is 2.02. The van der Waals surface area contributed by atoms with E-state index in [1.54, 1.807) is 18.2 Å². The summed E-state index contributed by atoms with van der Waals surface area (Å²) in [6.45, 7) is 0.138. The van der Waals surface area contributed by atoms with Gasteiger partial charge in [-0.15, -0.1) is 0 Å². The molecule has 1 aromatic rings. The Morgan fingerprint density at radius 2 is 2.37 bits per heavy atom. The molecule has 1 unspecified atom stereocenters. The summed E-state index contributed by atoms with van der Waals surface area (Å²) in [5.74, 6) is -0.137. The number of amides is 2. The van der Waals surface area contributed by atoms with Crippen LogP contribution in [0.1, 0.15) is 0 Å². The first kappa shape index (κ1) is 13.6. The van der Waals surface area contributed by atoms with E-state index < -0.39 is 6.04 Å². The summed E-state index contributed by atoms with van der Waals surface area (Å²) in [4.78, 5) is 23.0. The molecule has 102 valence electrons. The fourth-order valence-corrected chi connectivity index (χ4v) is 1.92. The highest BCUT2D eigenvalue weighted by atomic mass is 35.5. The van der Waals surface area contributed by atoms with E-state index in [1.165, 1.54) is 7.11 Å². The Labute approximate surface area is 115 Å². The molecule has 7 heteroatoms. The standard InChI is InChI=1S/C12H13ClN2O4/c1-18-10-3-2-7(4-8(10)13)14-12(17)9-5-19-6-11(16)15-9/h2-4,9H,5-6H2,1H3,(H,14,17)(H,15,16). The molecular weight excluding hydrogens is 272 g/mol. The van der Waals surface area contributed by atoms with E-state index in [2.05, 4.69) is 10.6 Å². The van der Waals surface area contributed by atoms with E-state index in [9.17, 15) is 9.59 Å². The van der Waals surface area contributed by atoms with Gasteiger partial charge in [0.1, 0.15) is 18.4 Å². The topological polar surface area (TPSA) is 76.7 Å².